The molecule has 0 bridgehead atoms. The second-order valence-electron chi connectivity index (χ2n) is 4.83. The van der Waals surface area contributed by atoms with Crippen LogP contribution in [0, 0.1) is 6.92 Å². The molecule has 0 amide bonds. The third kappa shape index (κ3) is 2.76. The topological polar surface area (TPSA) is 46.5 Å². The van der Waals surface area contributed by atoms with Crippen LogP contribution in [-0.4, -0.2) is 11.1 Å². The van der Waals surface area contributed by atoms with Crippen LogP contribution >= 0.6 is 11.3 Å². The van der Waals surface area contributed by atoms with Crippen LogP contribution < -0.4 is 4.74 Å². The van der Waals surface area contributed by atoms with Crippen molar-refractivity contribution >= 4 is 27.4 Å². The number of thiophene rings is 1. The molecule has 1 heterocycles. The van der Waals surface area contributed by atoms with Crippen molar-refractivity contribution in [3.63, 3.8) is 0 Å². The molecular weight excluding hydrogens is 284 g/mol. The molecule has 0 saturated heterocycles. The Morgan fingerprint density at radius 3 is 2.81 bits per heavy atom. The highest BCUT2D eigenvalue weighted by atomic mass is 32.1. The van der Waals surface area contributed by atoms with E-state index in [9.17, 15) is 4.79 Å². The van der Waals surface area contributed by atoms with Gasteiger partial charge in [-0.15, -0.1) is 11.3 Å². The van der Waals surface area contributed by atoms with Crippen molar-refractivity contribution in [3.05, 3.63) is 64.5 Å². The van der Waals surface area contributed by atoms with Gasteiger partial charge in [0.05, 0.1) is 5.56 Å². The molecule has 3 rings (SSSR count). The van der Waals surface area contributed by atoms with Crippen molar-refractivity contribution < 1.29 is 14.6 Å². The first-order chi connectivity index (χ1) is 10.1. The summed E-state index contributed by atoms with van der Waals surface area (Å²) in [4.78, 5) is 11.0. The highest BCUT2D eigenvalue weighted by Crippen LogP contribution is 2.27. The van der Waals surface area contributed by atoms with Gasteiger partial charge in [0.15, 0.2) is 0 Å². The molecule has 1 N–H and O–H groups in total. The fourth-order valence-electron chi connectivity index (χ4n) is 2.27. The van der Waals surface area contributed by atoms with Crippen LogP contribution in [0.25, 0.3) is 10.1 Å². The lowest BCUT2D eigenvalue weighted by atomic mass is 10.1. The molecule has 0 spiro atoms. The molecule has 0 saturated carbocycles. The van der Waals surface area contributed by atoms with Gasteiger partial charge in [-0.1, -0.05) is 18.2 Å². The molecule has 106 valence electrons. The zero-order valence-corrected chi connectivity index (χ0v) is 12.3. The van der Waals surface area contributed by atoms with E-state index >= 15 is 0 Å². The van der Waals surface area contributed by atoms with E-state index in [2.05, 4.69) is 17.5 Å². The van der Waals surface area contributed by atoms with E-state index in [1.807, 2.05) is 12.1 Å². The highest BCUT2D eigenvalue weighted by Gasteiger charge is 2.08. The van der Waals surface area contributed by atoms with E-state index in [0.717, 1.165) is 5.56 Å². The van der Waals surface area contributed by atoms with Crippen LogP contribution in [-0.2, 0) is 6.61 Å². The predicted octanol–water partition coefficient (Wildman–Crippen LogP) is 4.49. The fraction of sp³-hybridized carbons (Fsp3) is 0.118. The molecule has 0 aliphatic carbocycles. The SMILES string of the molecule is Cc1cc(OCc2csc3ccccc23)ccc1C(=O)O. The summed E-state index contributed by atoms with van der Waals surface area (Å²) < 4.78 is 7.03. The molecule has 0 aliphatic rings. The zero-order chi connectivity index (χ0) is 14.8. The minimum Gasteiger partial charge on any atom is -0.489 e. The van der Waals surface area contributed by atoms with E-state index < -0.39 is 5.97 Å². The van der Waals surface area contributed by atoms with Crippen molar-refractivity contribution in [1.29, 1.82) is 0 Å². The average Bonchev–Trinajstić information content (AvgIpc) is 2.88. The van der Waals surface area contributed by atoms with Gasteiger partial charge in [0.1, 0.15) is 12.4 Å². The molecule has 4 heteroatoms. The summed E-state index contributed by atoms with van der Waals surface area (Å²) in [5.74, 6) is -0.226. The van der Waals surface area contributed by atoms with Gasteiger partial charge in [0, 0.05) is 10.3 Å². The lowest BCUT2D eigenvalue weighted by Gasteiger charge is -2.08. The summed E-state index contributed by atoms with van der Waals surface area (Å²) >= 11 is 1.70. The van der Waals surface area contributed by atoms with Gasteiger partial charge >= 0.3 is 5.97 Å². The number of aromatic carboxylic acids is 1. The molecule has 0 aliphatic heterocycles. The molecular formula is C17H14O3S. The number of carboxylic acid groups (broad SMARTS) is 1. The van der Waals surface area contributed by atoms with E-state index in [4.69, 9.17) is 9.84 Å². The van der Waals surface area contributed by atoms with E-state index in [1.165, 1.54) is 10.1 Å². The molecule has 21 heavy (non-hydrogen) atoms. The standard InChI is InChI=1S/C17H14O3S/c1-11-8-13(6-7-14(11)17(18)19)20-9-12-10-21-16-5-3-2-4-15(12)16/h2-8,10H,9H2,1H3,(H,18,19). The van der Waals surface area contributed by atoms with Gasteiger partial charge in [-0.2, -0.15) is 0 Å². The quantitative estimate of drug-likeness (QED) is 0.772. The number of hydrogen-bond acceptors (Lipinski definition) is 3. The maximum absolute atomic E-state index is 11.0. The van der Waals surface area contributed by atoms with Crippen molar-refractivity contribution in [2.24, 2.45) is 0 Å². The van der Waals surface area contributed by atoms with Crippen molar-refractivity contribution in [1.82, 2.24) is 0 Å². The Balaban J connectivity index is 1.79. The van der Waals surface area contributed by atoms with E-state index in [1.54, 1.807) is 36.5 Å². The third-order valence-electron chi connectivity index (χ3n) is 3.38. The zero-order valence-electron chi connectivity index (χ0n) is 11.5. The van der Waals surface area contributed by atoms with Crippen molar-refractivity contribution in [3.8, 4) is 5.75 Å². The van der Waals surface area contributed by atoms with Gasteiger partial charge in [0.25, 0.3) is 0 Å². The summed E-state index contributed by atoms with van der Waals surface area (Å²) in [5.41, 5.74) is 2.16. The summed E-state index contributed by atoms with van der Waals surface area (Å²) in [6.45, 7) is 2.26. The maximum Gasteiger partial charge on any atom is 0.335 e. The Labute approximate surface area is 126 Å². The number of carboxylic acids is 1. The number of fused-ring (bicyclic) bond motifs is 1. The fourth-order valence-corrected chi connectivity index (χ4v) is 3.22. The summed E-state index contributed by atoms with van der Waals surface area (Å²) in [6, 6.07) is 13.3. The summed E-state index contributed by atoms with van der Waals surface area (Å²) in [6.07, 6.45) is 0. The van der Waals surface area contributed by atoms with Crippen LogP contribution in [0.5, 0.6) is 5.75 Å². The van der Waals surface area contributed by atoms with Crippen molar-refractivity contribution in [2.45, 2.75) is 13.5 Å². The monoisotopic (exact) mass is 298 g/mol. The largest absolute Gasteiger partial charge is 0.489 e. The Kier molecular flexibility index (Phi) is 3.62. The molecule has 0 fully saturated rings. The average molecular weight is 298 g/mol. The second kappa shape index (κ2) is 5.58. The predicted molar refractivity (Wildman–Crippen MR) is 84.3 cm³/mol. The molecule has 1 aromatic heterocycles. The lowest BCUT2D eigenvalue weighted by molar-refractivity contribution is 0.0696. The van der Waals surface area contributed by atoms with E-state index in [-0.39, 0.29) is 0 Å². The molecule has 0 atom stereocenters. The molecule has 0 radical (unpaired) electrons. The third-order valence-corrected chi connectivity index (χ3v) is 4.40. The minimum absolute atomic E-state index is 0.309. The number of benzene rings is 2. The molecule has 3 nitrogen and oxygen atoms in total. The second-order valence-corrected chi connectivity index (χ2v) is 5.74. The number of carbonyl (C=O) groups is 1. The highest BCUT2D eigenvalue weighted by molar-refractivity contribution is 7.17. The summed E-state index contributed by atoms with van der Waals surface area (Å²) in [5, 5.41) is 12.3. The smallest absolute Gasteiger partial charge is 0.335 e. The Hall–Kier alpha value is -2.33. The number of ether oxygens (including phenoxy) is 1. The first-order valence-electron chi connectivity index (χ1n) is 6.57. The number of aryl methyl sites for hydroxylation is 1. The van der Waals surface area contributed by atoms with Gasteiger partial charge in [0.2, 0.25) is 0 Å². The molecule has 2 aromatic carbocycles. The Morgan fingerprint density at radius 1 is 1.24 bits per heavy atom. The Bertz CT molecular complexity index is 805. The van der Waals surface area contributed by atoms with Crippen LogP contribution in [0.2, 0.25) is 0 Å². The Morgan fingerprint density at radius 2 is 2.05 bits per heavy atom. The lowest BCUT2D eigenvalue weighted by Crippen LogP contribution is -2.01. The normalized spacial score (nSPS) is 10.7. The van der Waals surface area contributed by atoms with Gasteiger partial charge in [-0.25, -0.2) is 4.79 Å². The summed E-state index contributed by atoms with van der Waals surface area (Å²) in [7, 11) is 0. The van der Waals surface area contributed by atoms with Crippen LogP contribution in [0.3, 0.4) is 0 Å². The van der Waals surface area contributed by atoms with Crippen LogP contribution in [0.4, 0.5) is 0 Å². The van der Waals surface area contributed by atoms with Crippen molar-refractivity contribution in [2.75, 3.05) is 0 Å². The van der Waals surface area contributed by atoms with E-state index in [0.29, 0.717) is 23.5 Å². The minimum atomic E-state index is -0.914. The van der Waals surface area contributed by atoms with Gasteiger partial charge in [-0.3, -0.25) is 0 Å². The van der Waals surface area contributed by atoms with Gasteiger partial charge in [-0.05, 0) is 47.5 Å². The number of rotatable bonds is 4. The van der Waals surface area contributed by atoms with Gasteiger partial charge < -0.3 is 9.84 Å². The van der Waals surface area contributed by atoms with Crippen LogP contribution in [0.1, 0.15) is 21.5 Å². The first-order valence-corrected chi connectivity index (χ1v) is 7.45. The maximum atomic E-state index is 11.0. The first kappa shape index (κ1) is 13.6. The van der Waals surface area contributed by atoms with Crippen LogP contribution in [0.15, 0.2) is 47.8 Å². The molecule has 0 unspecified atom stereocenters. The molecule has 3 aromatic rings. The number of hydrogen-bond donors (Lipinski definition) is 1.